The summed E-state index contributed by atoms with van der Waals surface area (Å²) in [5.41, 5.74) is 8.36. The number of carbonyl (C=O) groups is 1. The maximum Gasteiger partial charge on any atom is 0.279 e. The summed E-state index contributed by atoms with van der Waals surface area (Å²) in [6.45, 7) is 1.52. The molecule has 0 spiro atoms. The number of nitrogens with zero attached hydrogens (tertiary/aromatic N) is 2. The molecule has 0 bridgehead atoms. The number of hydrogen-bond donors (Lipinski definition) is 0. The Bertz CT molecular complexity index is 884. The van der Waals surface area contributed by atoms with Crippen molar-refractivity contribution in [2.24, 2.45) is 0 Å². The van der Waals surface area contributed by atoms with Crippen molar-refractivity contribution in [3.05, 3.63) is 53.7 Å². The minimum atomic E-state index is -0.812. The van der Waals surface area contributed by atoms with Gasteiger partial charge in [-0.25, -0.2) is 9.97 Å². The lowest BCUT2D eigenvalue weighted by Gasteiger charge is -2.11. The molecule has 3 rings (SSSR count). The molecule has 1 aromatic heterocycles. The van der Waals surface area contributed by atoms with Crippen LogP contribution in [0.3, 0.4) is 0 Å². The molecule has 0 aliphatic carbocycles. The first-order chi connectivity index (χ1) is 11.5. The predicted molar refractivity (Wildman–Crippen MR) is 89.3 cm³/mol. The van der Waals surface area contributed by atoms with Crippen LogP contribution < -0.4 is 15.2 Å². The molecule has 6 nitrogen and oxygen atoms in total. The number of fused-ring (bicyclic) bond motifs is 1. The fourth-order valence-electron chi connectivity index (χ4n) is 1.98. The van der Waals surface area contributed by atoms with Crippen LogP contribution in [0.1, 0.15) is 6.92 Å². The lowest BCUT2D eigenvalue weighted by Crippen LogP contribution is -2.24. The van der Waals surface area contributed by atoms with Gasteiger partial charge in [0.05, 0.1) is 17.2 Å². The van der Waals surface area contributed by atoms with Gasteiger partial charge in [-0.3, -0.25) is 10.5 Å². The van der Waals surface area contributed by atoms with E-state index in [-0.39, 0.29) is 0 Å². The van der Waals surface area contributed by atoms with Crippen molar-refractivity contribution in [1.29, 1.82) is 0 Å². The summed E-state index contributed by atoms with van der Waals surface area (Å²) in [6.07, 6.45) is 0.717. The number of carbonyl (C=O) groups excluding carboxylic acids is 1. The molecule has 0 aliphatic rings. The summed E-state index contributed by atoms with van der Waals surface area (Å²) in [5, 5.41) is 0.577. The molecular weight excluding hydrogens is 330 g/mol. The summed E-state index contributed by atoms with van der Waals surface area (Å²) < 4.78 is 11.0. The lowest BCUT2D eigenvalue weighted by atomic mass is 10.3. The Hall–Kier alpha value is -2.86. The highest BCUT2D eigenvalue weighted by atomic mass is 35.5. The molecule has 7 heteroatoms. The quantitative estimate of drug-likeness (QED) is 0.706. The van der Waals surface area contributed by atoms with Gasteiger partial charge >= 0.3 is 0 Å². The van der Waals surface area contributed by atoms with Crippen LogP contribution in [0.2, 0.25) is 5.02 Å². The number of halogens is 1. The Morgan fingerprint density at radius 1 is 1.12 bits per heavy atom. The molecule has 1 radical (unpaired) electrons. The molecule has 1 unspecified atom stereocenters. The predicted octanol–water partition coefficient (Wildman–Crippen LogP) is 3.65. The SMILES string of the molecule is CC(Oc1ccc(Oc2cnc3ccc(Cl)cc3n2)cc1)C([NH])=O. The largest absolute Gasteiger partial charge is 0.481 e. The molecule has 3 aromatic rings. The number of amides is 1. The summed E-state index contributed by atoms with van der Waals surface area (Å²) in [5.74, 6) is 0.586. The Labute approximate surface area is 143 Å². The van der Waals surface area contributed by atoms with Gasteiger partial charge in [-0.05, 0) is 49.4 Å². The smallest absolute Gasteiger partial charge is 0.279 e. The van der Waals surface area contributed by atoms with Crippen molar-refractivity contribution in [1.82, 2.24) is 15.7 Å². The second-order valence-electron chi connectivity index (χ2n) is 5.04. The Balaban J connectivity index is 1.75. The fraction of sp³-hybridized carbons (Fsp3) is 0.118. The van der Waals surface area contributed by atoms with Crippen LogP contribution in [0.15, 0.2) is 48.7 Å². The zero-order valence-electron chi connectivity index (χ0n) is 12.7. The molecule has 121 valence electrons. The van der Waals surface area contributed by atoms with Gasteiger partial charge in [-0.15, -0.1) is 0 Å². The lowest BCUT2D eigenvalue weighted by molar-refractivity contribution is -0.124. The number of benzene rings is 2. The molecule has 24 heavy (non-hydrogen) atoms. The number of aromatic nitrogens is 2. The molecule has 1 heterocycles. The van der Waals surface area contributed by atoms with Gasteiger partial charge in [0.1, 0.15) is 11.5 Å². The van der Waals surface area contributed by atoms with Crippen LogP contribution in [-0.2, 0) is 4.79 Å². The zero-order chi connectivity index (χ0) is 17.1. The molecular formula is C17H13ClN3O3. The standard InChI is InChI=1S/C17H13ClN3O3/c1-10(17(19)22)23-12-3-5-13(6-4-12)24-16-9-20-14-7-2-11(18)8-15(14)21-16/h2-10,19H,1H3. The average Bonchev–Trinajstić information content (AvgIpc) is 2.56. The van der Waals surface area contributed by atoms with Crippen LogP contribution in [0.25, 0.3) is 11.0 Å². The van der Waals surface area contributed by atoms with Gasteiger partial charge in [0.2, 0.25) is 5.88 Å². The van der Waals surface area contributed by atoms with Crippen molar-refractivity contribution in [2.75, 3.05) is 0 Å². The molecule has 0 saturated heterocycles. The first-order valence-corrected chi connectivity index (χ1v) is 7.51. The fourth-order valence-corrected chi connectivity index (χ4v) is 2.15. The number of nitrogens with one attached hydrogen (secondary N) is 1. The number of hydrogen-bond acceptors (Lipinski definition) is 5. The van der Waals surface area contributed by atoms with Gasteiger partial charge in [0.15, 0.2) is 6.10 Å². The highest BCUT2D eigenvalue weighted by Gasteiger charge is 2.11. The average molecular weight is 343 g/mol. The highest BCUT2D eigenvalue weighted by Crippen LogP contribution is 2.24. The van der Waals surface area contributed by atoms with Gasteiger partial charge in [-0.1, -0.05) is 11.6 Å². The number of rotatable bonds is 5. The molecule has 0 aliphatic heterocycles. The van der Waals surface area contributed by atoms with Crippen LogP contribution >= 0.6 is 11.6 Å². The van der Waals surface area contributed by atoms with Crippen molar-refractivity contribution in [3.8, 4) is 17.4 Å². The van der Waals surface area contributed by atoms with E-state index in [0.717, 1.165) is 5.52 Å². The van der Waals surface area contributed by atoms with E-state index in [1.54, 1.807) is 42.5 Å². The summed E-state index contributed by atoms with van der Waals surface area (Å²) in [6, 6.07) is 11.9. The maximum absolute atomic E-state index is 10.9. The molecule has 0 saturated carbocycles. The summed E-state index contributed by atoms with van der Waals surface area (Å²) in [7, 11) is 0. The van der Waals surface area contributed by atoms with Crippen LogP contribution in [-0.4, -0.2) is 22.0 Å². The van der Waals surface area contributed by atoms with E-state index in [2.05, 4.69) is 9.97 Å². The van der Waals surface area contributed by atoms with E-state index in [1.165, 1.54) is 13.1 Å². The summed E-state index contributed by atoms with van der Waals surface area (Å²) >= 11 is 5.95. The molecule has 1 N–H and O–H groups in total. The Kier molecular flexibility index (Phi) is 4.48. The van der Waals surface area contributed by atoms with Crippen molar-refractivity contribution in [2.45, 2.75) is 13.0 Å². The Morgan fingerprint density at radius 3 is 2.54 bits per heavy atom. The third-order valence-corrected chi connectivity index (χ3v) is 3.45. The van der Waals surface area contributed by atoms with Crippen molar-refractivity contribution < 1.29 is 14.3 Å². The van der Waals surface area contributed by atoms with E-state index in [0.29, 0.717) is 27.9 Å². The maximum atomic E-state index is 10.9. The minimum Gasteiger partial charge on any atom is -0.481 e. The van der Waals surface area contributed by atoms with E-state index in [4.69, 9.17) is 26.8 Å². The molecule has 0 fully saturated rings. The van der Waals surface area contributed by atoms with E-state index in [9.17, 15) is 4.79 Å². The minimum absolute atomic E-state index is 0.341. The van der Waals surface area contributed by atoms with Gasteiger partial charge in [-0.2, -0.15) is 0 Å². The van der Waals surface area contributed by atoms with Gasteiger partial charge in [0.25, 0.3) is 5.91 Å². The van der Waals surface area contributed by atoms with Crippen LogP contribution in [0.5, 0.6) is 17.4 Å². The first-order valence-electron chi connectivity index (χ1n) is 7.13. The van der Waals surface area contributed by atoms with Gasteiger partial charge < -0.3 is 9.47 Å². The van der Waals surface area contributed by atoms with E-state index >= 15 is 0 Å². The summed E-state index contributed by atoms with van der Waals surface area (Å²) in [4.78, 5) is 19.5. The molecule has 2 aromatic carbocycles. The van der Waals surface area contributed by atoms with E-state index in [1.807, 2.05) is 0 Å². The second-order valence-corrected chi connectivity index (χ2v) is 5.48. The topological polar surface area (TPSA) is 85.1 Å². The monoisotopic (exact) mass is 342 g/mol. The first kappa shape index (κ1) is 16.0. The van der Waals surface area contributed by atoms with Crippen molar-refractivity contribution >= 4 is 28.5 Å². The van der Waals surface area contributed by atoms with Crippen LogP contribution in [0.4, 0.5) is 0 Å². The number of ether oxygens (including phenoxy) is 2. The molecule has 1 amide bonds. The third kappa shape index (κ3) is 3.72. The molecule has 1 atom stereocenters. The van der Waals surface area contributed by atoms with Crippen molar-refractivity contribution in [3.63, 3.8) is 0 Å². The van der Waals surface area contributed by atoms with E-state index < -0.39 is 12.0 Å². The normalized spacial score (nSPS) is 11.9. The Morgan fingerprint density at radius 2 is 1.83 bits per heavy atom. The van der Waals surface area contributed by atoms with Gasteiger partial charge in [0, 0.05) is 5.02 Å². The van der Waals surface area contributed by atoms with Crippen LogP contribution in [0, 0.1) is 0 Å². The highest BCUT2D eigenvalue weighted by molar-refractivity contribution is 6.31. The second kappa shape index (κ2) is 6.72. The zero-order valence-corrected chi connectivity index (χ0v) is 13.4. The third-order valence-electron chi connectivity index (χ3n) is 3.21.